The van der Waals surface area contributed by atoms with Gasteiger partial charge in [0.2, 0.25) is 0 Å². The smallest absolute Gasteiger partial charge is 0.152 e. The summed E-state index contributed by atoms with van der Waals surface area (Å²) in [6, 6.07) is 7.61. The van der Waals surface area contributed by atoms with Gasteiger partial charge in [0.05, 0.1) is 17.4 Å². The highest BCUT2D eigenvalue weighted by Crippen LogP contribution is 2.54. The van der Waals surface area contributed by atoms with Crippen LogP contribution in [-0.4, -0.2) is 38.7 Å². The Kier molecular flexibility index (Phi) is 4.07. The van der Waals surface area contributed by atoms with Crippen LogP contribution in [0.4, 0.5) is 0 Å². The standard InChI is InChI=1S/C13H18BrNO3S/c1-3-18-8-13(15)11(12(13)19(2,16)17)9-4-6-10(14)7-5-9/h4-7,11-12H,3,8,15H2,1-2H3/t11-,12+,13-/m0/s1. The van der Waals surface area contributed by atoms with E-state index in [2.05, 4.69) is 15.9 Å². The molecule has 1 aliphatic rings. The molecule has 0 unspecified atom stereocenters. The molecule has 1 fully saturated rings. The van der Waals surface area contributed by atoms with Gasteiger partial charge in [-0.25, -0.2) is 8.42 Å². The Bertz CT molecular complexity index is 558. The summed E-state index contributed by atoms with van der Waals surface area (Å²) >= 11 is 3.37. The predicted molar refractivity (Wildman–Crippen MR) is 78.9 cm³/mol. The van der Waals surface area contributed by atoms with Crippen molar-refractivity contribution >= 4 is 25.8 Å². The number of nitrogens with two attached hydrogens (primary N) is 1. The Morgan fingerprint density at radius 1 is 1.37 bits per heavy atom. The second kappa shape index (κ2) is 5.16. The summed E-state index contributed by atoms with van der Waals surface area (Å²) < 4.78 is 30.1. The van der Waals surface area contributed by atoms with Gasteiger partial charge in [0.1, 0.15) is 0 Å². The molecular formula is C13H18BrNO3S. The first-order valence-electron chi connectivity index (χ1n) is 6.11. The van der Waals surface area contributed by atoms with E-state index >= 15 is 0 Å². The lowest BCUT2D eigenvalue weighted by molar-refractivity contribution is 0.125. The van der Waals surface area contributed by atoms with Gasteiger partial charge in [-0.05, 0) is 24.6 Å². The third kappa shape index (κ3) is 2.86. The highest BCUT2D eigenvalue weighted by molar-refractivity contribution is 9.10. The first-order chi connectivity index (χ1) is 8.80. The zero-order valence-electron chi connectivity index (χ0n) is 11.0. The molecule has 0 heterocycles. The van der Waals surface area contributed by atoms with Crippen LogP contribution in [0.15, 0.2) is 28.7 Å². The van der Waals surface area contributed by atoms with Crippen molar-refractivity contribution in [1.29, 1.82) is 0 Å². The van der Waals surface area contributed by atoms with Crippen LogP contribution in [0.5, 0.6) is 0 Å². The van der Waals surface area contributed by atoms with Crippen molar-refractivity contribution in [2.45, 2.75) is 23.6 Å². The number of hydrogen-bond donors (Lipinski definition) is 1. The summed E-state index contributed by atoms with van der Waals surface area (Å²) in [6.07, 6.45) is 1.24. The van der Waals surface area contributed by atoms with Gasteiger partial charge in [-0.15, -0.1) is 0 Å². The summed E-state index contributed by atoms with van der Waals surface area (Å²) in [5, 5.41) is -0.562. The van der Waals surface area contributed by atoms with Crippen LogP contribution >= 0.6 is 15.9 Å². The molecule has 19 heavy (non-hydrogen) atoms. The van der Waals surface area contributed by atoms with Gasteiger partial charge < -0.3 is 10.5 Å². The molecule has 1 aromatic rings. The molecule has 1 aliphatic carbocycles. The fourth-order valence-electron chi connectivity index (χ4n) is 2.67. The number of rotatable bonds is 5. The highest BCUT2D eigenvalue weighted by atomic mass is 79.9. The minimum Gasteiger partial charge on any atom is -0.380 e. The largest absolute Gasteiger partial charge is 0.380 e. The number of ether oxygens (including phenoxy) is 1. The second-order valence-corrected chi connectivity index (χ2v) is 8.11. The quantitative estimate of drug-likeness (QED) is 0.879. The van der Waals surface area contributed by atoms with E-state index in [4.69, 9.17) is 10.5 Å². The normalized spacial score (nSPS) is 30.3. The van der Waals surface area contributed by atoms with Crippen molar-refractivity contribution < 1.29 is 13.2 Å². The number of hydrogen-bond acceptors (Lipinski definition) is 4. The molecule has 106 valence electrons. The minimum atomic E-state index is -3.19. The SMILES string of the molecule is CCOC[C@@]1(N)[C@H](S(C)(=O)=O)[C@@H]1c1ccc(Br)cc1. The van der Waals surface area contributed by atoms with Crippen LogP contribution in [0.3, 0.4) is 0 Å². The average Bonchev–Trinajstić information content (AvgIpc) is 2.95. The summed E-state index contributed by atoms with van der Waals surface area (Å²) in [4.78, 5) is 0. The Morgan fingerprint density at radius 2 is 1.95 bits per heavy atom. The lowest BCUT2D eigenvalue weighted by atomic mass is 10.1. The van der Waals surface area contributed by atoms with Gasteiger partial charge in [-0.3, -0.25) is 0 Å². The van der Waals surface area contributed by atoms with E-state index in [0.29, 0.717) is 6.61 Å². The predicted octanol–water partition coefficient (Wildman–Crippen LogP) is 1.69. The summed E-state index contributed by atoms with van der Waals surface area (Å²) in [7, 11) is -3.19. The van der Waals surface area contributed by atoms with E-state index < -0.39 is 20.6 Å². The van der Waals surface area contributed by atoms with E-state index in [1.54, 1.807) is 0 Å². The Morgan fingerprint density at radius 3 is 2.42 bits per heavy atom. The molecule has 2 N–H and O–H groups in total. The van der Waals surface area contributed by atoms with Crippen molar-refractivity contribution in [1.82, 2.24) is 0 Å². The maximum atomic E-state index is 11.9. The zero-order chi connectivity index (χ0) is 14.3. The van der Waals surface area contributed by atoms with E-state index in [1.807, 2.05) is 31.2 Å². The van der Waals surface area contributed by atoms with Crippen LogP contribution in [0.1, 0.15) is 18.4 Å². The monoisotopic (exact) mass is 347 g/mol. The van der Waals surface area contributed by atoms with Crippen LogP contribution in [0.2, 0.25) is 0 Å². The Balaban J connectivity index is 2.30. The fraction of sp³-hybridized carbons (Fsp3) is 0.538. The van der Waals surface area contributed by atoms with Crippen molar-refractivity contribution in [2.75, 3.05) is 19.5 Å². The Hall–Kier alpha value is -0.430. The average molecular weight is 348 g/mol. The molecule has 0 amide bonds. The summed E-state index contributed by atoms with van der Waals surface area (Å²) in [5.74, 6) is -0.192. The van der Waals surface area contributed by atoms with Crippen LogP contribution in [0.25, 0.3) is 0 Å². The van der Waals surface area contributed by atoms with E-state index in [-0.39, 0.29) is 12.5 Å². The molecule has 0 aliphatic heterocycles. The molecule has 1 aromatic carbocycles. The molecule has 0 saturated heterocycles. The number of benzene rings is 1. The van der Waals surface area contributed by atoms with E-state index in [0.717, 1.165) is 10.0 Å². The van der Waals surface area contributed by atoms with Gasteiger partial charge in [-0.2, -0.15) is 0 Å². The third-order valence-corrected chi connectivity index (χ3v) is 5.71. The number of halogens is 1. The van der Waals surface area contributed by atoms with Crippen molar-refractivity contribution in [2.24, 2.45) is 5.73 Å². The van der Waals surface area contributed by atoms with Crippen LogP contribution in [-0.2, 0) is 14.6 Å². The van der Waals surface area contributed by atoms with Crippen molar-refractivity contribution in [3.05, 3.63) is 34.3 Å². The first-order valence-corrected chi connectivity index (χ1v) is 8.86. The molecule has 4 nitrogen and oxygen atoms in total. The van der Waals surface area contributed by atoms with Gasteiger partial charge in [-0.1, -0.05) is 28.1 Å². The van der Waals surface area contributed by atoms with E-state index in [1.165, 1.54) is 6.26 Å². The molecule has 0 bridgehead atoms. The molecular weight excluding hydrogens is 330 g/mol. The fourth-order valence-corrected chi connectivity index (χ4v) is 4.78. The maximum absolute atomic E-state index is 11.9. The third-order valence-electron chi connectivity index (χ3n) is 3.55. The minimum absolute atomic E-state index is 0.192. The lowest BCUT2D eigenvalue weighted by Gasteiger charge is -2.11. The van der Waals surface area contributed by atoms with Gasteiger partial charge in [0.15, 0.2) is 9.84 Å². The van der Waals surface area contributed by atoms with Crippen LogP contribution in [0, 0.1) is 0 Å². The maximum Gasteiger partial charge on any atom is 0.152 e. The topological polar surface area (TPSA) is 69.4 Å². The van der Waals surface area contributed by atoms with Crippen molar-refractivity contribution in [3.8, 4) is 0 Å². The number of sulfone groups is 1. The van der Waals surface area contributed by atoms with E-state index in [9.17, 15) is 8.42 Å². The Labute approximate surface area is 122 Å². The summed E-state index contributed by atoms with van der Waals surface area (Å²) in [5.41, 5.74) is 6.40. The molecule has 3 atom stereocenters. The molecule has 1 saturated carbocycles. The summed E-state index contributed by atoms with van der Waals surface area (Å²) in [6.45, 7) is 2.67. The van der Waals surface area contributed by atoms with Gasteiger partial charge >= 0.3 is 0 Å². The molecule has 6 heteroatoms. The van der Waals surface area contributed by atoms with Crippen molar-refractivity contribution in [3.63, 3.8) is 0 Å². The van der Waals surface area contributed by atoms with Gasteiger partial charge in [0, 0.05) is 23.3 Å². The zero-order valence-corrected chi connectivity index (χ0v) is 13.4. The van der Waals surface area contributed by atoms with Crippen LogP contribution < -0.4 is 5.73 Å². The molecule has 0 radical (unpaired) electrons. The lowest BCUT2D eigenvalue weighted by Crippen LogP contribution is -2.36. The van der Waals surface area contributed by atoms with Gasteiger partial charge in [0.25, 0.3) is 0 Å². The highest BCUT2D eigenvalue weighted by Gasteiger charge is 2.67. The first kappa shape index (κ1) is 15.0. The molecule has 2 rings (SSSR count). The molecule has 0 aromatic heterocycles. The molecule has 0 spiro atoms. The second-order valence-electron chi connectivity index (χ2n) is 5.03.